The van der Waals surface area contributed by atoms with Crippen LogP contribution in [0.1, 0.15) is 12.0 Å². The number of anilines is 1. The number of halogens is 1. The molecule has 0 spiro atoms. The number of aryl methyl sites for hydroxylation is 1. The van der Waals surface area contributed by atoms with Gasteiger partial charge < -0.3 is 9.64 Å². The predicted octanol–water partition coefficient (Wildman–Crippen LogP) is 1.24. The van der Waals surface area contributed by atoms with Crippen LogP contribution >= 0.6 is 0 Å². The van der Waals surface area contributed by atoms with E-state index in [0.717, 1.165) is 0 Å². The van der Waals surface area contributed by atoms with Crippen LogP contribution in [-0.4, -0.2) is 33.0 Å². The highest BCUT2D eigenvalue weighted by atomic mass is 19.1. The Morgan fingerprint density at radius 3 is 2.79 bits per heavy atom. The van der Waals surface area contributed by atoms with E-state index in [-0.39, 0.29) is 12.2 Å². The average molecular weight is 268 g/mol. The summed E-state index contributed by atoms with van der Waals surface area (Å²) in [6.07, 6.45) is 0.433. The first kappa shape index (κ1) is 14.9. The van der Waals surface area contributed by atoms with Crippen LogP contribution in [0.25, 0.3) is 0 Å². The third kappa shape index (κ3) is 3.67. The second-order valence-corrected chi connectivity index (χ2v) is 4.11. The Morgan fingerprint density at radius 2 is 2.21 bits per heavy atom. The smallest absolute Gasteiger partial charge is 0.228 e. The average Bonchev–Trinajstić information content (AvgIpc) is 2.37. The van der Waals surface area contributed by atoms with Gasteiger partial charge in [0, 0.05) is 20.0 Å². The summed E-state index contributed by atoms with van der Waals surface area (Å²) in [5, 5.41) is 2.03. The van der Waals surface area contributed by atoms with Crippen molar-refractivity contribution >= 4 is 18.0 Å². The van der Waals surface area contributed by atoms with E-state index in [1.54, 1.807) is 31.0 Å². The standard InChI is InChI=1S/C13H17FN2O3/c1-9-4-5-10(12(14)13(9)19-3)16(2)7-6-11(18)15-8-17/h4-5,8H,6-7H2,1-3H3,(H,15,17,18). The lowest BCUT2D eigenvalue weighted by atomic mass is 10.1. The largest absolute Gasteiger partial charge is 0.493 e. The van der Waals surface area contributed by atoms with Crippen molar-refractivity contribution in [2.75, 3.05) is 25.6 Å². The number of hydrogen-bond acceptors (Lipinski definition) is 4. The van der Waals surface area contributed by atoms with E-state index in [2.05, 4.69) is 0 Å². The normalized spacial score (nSPS) is 9.89. The van der Waals surface area contributed by atoms with Gasteiger partial charge in [0.2, 0.25) is 12.3 Å². The number of ether oxygens (including phenoxy) is 1. The number of nitrogens with zero attached hydrogens (tertiary/aromatic N) is 1. The Morgan fingerprint density at radius 1 is 1.53 bits per heavy atom. The van der Waals surface area contributed by atoms with Crippen molar-refractivity contribution in [3.63, 3.8) is 0 Å². The lowest BCUT2D eigenvalue weighted by Gasteiger charge is -2.21. The molecule has 0 aromatic heterocycles. The molecule has 1 aromatic carbocycles. The number of amides is 2. The van der Waals surface area contributed by atoms with E-state index >= 15 is 0 Å². The molecule has 0 saturated carbocycles. The van der Waals surface area contributed by atoms with Crippen LogP contribution in [0.5, 0.6) is 5.75 Å². The number of carbonyl (C=O) groups excluding carboxylic acids is 2. The Kier molecular flexibility index (Phi) is 5.29. The molecule has 6 heteroatoms. The summed E-state index contributed by atoms with van der Waals surface area (Å²) in [6.45, 7) is 2.05. The van der Waals surface area contributed by atoms with Crippen molar-refractivity contribution < 1.29 is 18.7 Å². The Balaban J connectivity index is 2.80. The van der Waals surface area contributed by atoms with Gasteiger partial charge in [-0.2, -0.15) is 0 Å². The van der Waals surface area contributed by atoms with Gasteiger partial charge in [-0.05, 0) is 18.6 Å². The van der Waals surface area contributed by atoms with Crippen molar-refractivity contribution in [3.05, 3.63) is 23.5 Å². The minimum atomic E-state index is -0.458. The van der Waals surface area contributed by atoms with Crippen LogP contribution < -0.4 is 15.0 Å². The monoisotopic (exact) mass is 268 g/mol. The summed E-state index contributed by atoms with van der Waals surface area (Å²) in [4.78, 5) is 22.8. The second kappa shape index (κ2) is 6.72. The number of methoxy groups -OCH3 is 1. The van der Waals surface area contributed by atoms with E-state index in [1.807, 2.05) is 5.32 Å². The van der Waals surface area contributed by atoms with Crippen LogP contribution in [0.3, 0.4) is 0 Å². The van der Waals surface area contributed by atoms with Crippen molar-refractivity contribution in [3.8, 4) is 5.75 Å². The third-order valence-corrected chi connectivity index (χ3v) is 2.78. The SMILES string of the molecule is COc1c(C)ccc(N(C)CCC(=O)NC=O)c1F. The highest BCUT2D eigenvalue weighted by Gasteiger charge is 2.15. The molecule has 2 amide bonds. The van der Waals surface area contributed by atoms with Crippen LogP contribution in [-0.2, 0) is 9.59 Å². The fraction of sp³-hybridized carbons (Fsp3) is 0.385. The molecule has 0 aliphatic carbocycles. The zero-order chi connectivity index (χ0) is 14.4. The number of imide groups is 1. The van der Waals surface area contributed by atoms with Gasteiger partial charge in [-0.3, -0.25) is 14.9 Å². The van der Waals surface area contributed by atoms with Crippen molar-refractivity contribution in [2.24, 2.45) is 0 Å². The van der Waals surface area contributed by atoms with E-state index in [9.17, 15) is 14.0 Å². The van der Waals surface area contributed by atoms with Crippen molar-refractivity contribution in [1.29, 1.82) is 0 Å². The van der Waals surface area contributed by atoms with Gasteiger partial charge in [0.15, 0.2) is 11.6 Å². The van der Waals surface area contributed by atoms with Gasteiger partial charge in [-0.25, -0.2) is 4.39 Å². The van der Waals surface area contributed by atoms with Crippen LogP contribution in [0.15, 0.2) is 12.1 Å². The zero-order valence-electron chi connectivity index (χ0n) is 11.2. The number of nitrogens with one attached hydrogen (secondary N) is 1. The number of carbonyl (C=O) groups is 2. The third-order valence-electron chi connectivity index (χ3n) is 2.78. The molecule has 0 radical (unpaired) electrons. The van der Waals surface area contributed by atoms with E-state index in [0.29, 0.717) is 24.2 Å². The second-order valence-electron chi connectivity index (χ2n) is 4.11. The lowest BCUT2D eigenvalue weighted by molar-refractivity contribution is -0.125. The highest BCUT2D eigenvalue weighted by Crippen LogP contribution is 2.30. The first-order valence-corrected chi connectivity index (χ1v) is 5.78. The maximum absolute atomic E-state index is 14.1. The molecule has 104 valence electrons. The van der Waals surface area contributed by atoms with Gasteiger partial charge in [0.25, 0.3) is 0 Å². The molecule has 0 atom stereocenters. The summed E-state index contributed by atoms with van der Waals surface area (Å²) in [7, 11) is 3.08. The van der Waals surface area contributed by atoms with Crippen LogP contribution in [0, 0.1) is 12.7 Å². The fourth-order valence-electron chi connectivity index (χ4n) is 1.72. The van der Waals surface area contributed by atoms with E-state index in [4.69, 9.17) is 4.74 Å². The van der Waals surface area contributed by atoms with Gasteiger partial charge in [-0.15, -0.1) is 0 Å². The minimum Gasteiger partial charge on any atom is -0.493 e. The molecule has 19 heavy (non-hydrogen) atoms. The first-order valence-electron chi connectivity index (χ1n) is 5.78. The molecule has 0 unspecified atom stereocenters. The quantitative estimate of drug-likeness (QED) is 0.789. The molecule has 5 nitrogen and oxygen atoms in total. The molecule has 1 N–H and O–H groups in total. The van der Waals surface area contributed by atoms with E-state index in [1.165, 1.54) is 7.11 Å². The van der Waals surface area contributed by atoms with Gasteiger partial charge >= 0.3 is 0 Å². The molecular formula is C13H17FN2O3. The zero-order valence-corrected chi connectivity index (χ0v) is 11.2. The Bertz CT molecular complexity index is 477. The molecule has 0 heterocycles. The molecule has 1 rings (SSSR count). The predicted molar refractivity (Wildman–Crippen MR) is 69.8 cm³/mol. The van der Waals surface area contributed by atoms with Crippen molar-refractivity contribution in [1.82, 2.24) is 5.32 Å². The van der Waals surface area contributed by atoms with Gasteiger partial charge in [0.05, 0.1) is 12.8 Å². The van der Waals surface area contributed by atoms with Crippen molar-refractivity contribution in [2.45, 2.75) is 13.3 Å². The topological polar surface area (TPSA) is 58.6 Å². The minimum absolute atomic E-state index is 0.102. The molecule has 0 fully saturated rings. The van der Waals surface area contributed by atoms with E-state index < -0.39 is 11.7 Å². The lowest BCUT2D eigenvalue weighted by Crippen LogP contribution is -2.28. The van der Waals surface area contributed by atoms with Gasteiger partial charge in [-0.1, -0.05) is 6.07 Å². The Labute approximate surface area is 111 Å². The fourth-order valence-corrected chi connectivity index (χ4v) is 1.72. The Hall–Kier alpha value is -2.11. The van der Waals surface area contributed by atoms with Crippen LogP contribution in [0.4, 0.5) is 10.1 Å². The molecule has 0 saturated heterocycles. The molecule has 1 aromatic rings. The first-order chi connectivity index (χ1) is 9.01. The molecular weight excluding hydrogens is 251 g/mol. The summed E-state index contributed by atoms with van der Waals surface area (Å²) < 4.78 is 19.1. The summed E-state index contributed by atoms with van der Waals surface area (Å²) >= 11 is 0. The maximum atomic E-state index is 14.1. The summed E-state index contributed by atoms with van der Waals surface area (Å²) in [5.41, 5.74) is 1.05. The van der Waals surface area contributed by atoms with Crippen LogP contribution in [0.2, 0.25) is 0 Å². The molecule has 0 aliphatic heterocycles. The highest BCUT2D eigenvalue weighted by molar-refractivity contribution is 5.86. The molecule has 0 aliphatic rings. The molecule has 0 bridgehead atoms. The summed E-state index contributed by atoms with van der Waals surface area (Å²) in [6, 6.07) is 3.38. The number of rotatable bonds is 6. The maximum Gasteiger partial charge on any atom is 0.228 e. The van der Waals surface area contributed by atoms with Gasteiger partial charge in [0.1, 0.15) is 0 Å². The number of hydrogen-bond donors (Lipinski definition) is 1. The summed E-state index contributed by atoms with van der Waals surface area (Å²) in [5.74, 6) is -0.663. The number of benzene rings is 1.